The molecule has 0 unspecified atom stereocenters. The van der Waals surface area contributed by atoms with Gasteiger partial charge in [0.05, 0.1) is 11.5 Å². The summed E-state index contributed by atoms with van der Waals surface area (Å²) < 4.78 is 0. The summed E-state index contributed by atoms with van der Waals surface area (Å²) in [6.45, 7) is 3.11. The summed E-state index contributed by atoms with van der Waals surface area (Å²) in [5.41, 5.74) is 1.62. The van der Waals surface area contributed by atoms with Crippen molar-refractivity contribution in [2.24, 2.45) is 5.92 Å². The van der Waals surface area contributed by atoms with Crippen LogP contribution < -0.4 is 0 Å². The van der Waals surface area contributed by atoms with Gasteiger partial charge in [-0.1, -0.05) is 61.5 Å². The van der Waals surface area contributed by atoms with E-state index >= 15 is 0 Å². The van der Waals surface area contributed by atoms with Gasteiger partial charge in [-0.25, -0.2) is 0 Å². The molecule has 2 aromatic carbocycles. The molecule has 4 rings (SSSR count). The number of benzene rings is 2. The molecule has 0 bridgehead atoms. The van der Waals surface area contributed by atoms with E-state index in [9.17, 15) is 19.5 Å². The Kier molecular flexibility index (Phi) is 6.66. The van der Waals surface area contributed by atoms with Gasteiger partial charge >= 0.3 is 0 Å². The number of carbonyl (C=O) groups is 3. The molecule has 2 aliphatic rings. The smallest absolute Gasteiger partial charge is 0.240 e. The monoisotopic (exact) mass is 448 g/mol. The van der Waals surface area contributed by atoms with Crippen LogP contribution >= 0.6 is 0 Å². The maximum atomic E-state index is 13.3. The predicted octanol–water partition coefficient (Wildman–Crippen LogP) is 3.38. The van der Waals surface area contributed by atoms with E-state index in [1.807, 2.05) is 61.5 Å². The molecule has 6 nitrogen and oxygen atoms in total. The number of likely N-dealkylation sites (tertiary alicyclic amines) is 2. The average Bonchev–Trinajstić information content (AvgIpc) is 3.08. The van der Waals surface area contributed by atoms with Crippen LogP contribution in [0.4, 0.5) is 0 Å². The lowest BCUT2D eigenvalue weighted by atomic mass is 9.75. The normalized spacial score (nSPS) is 22.6. The van der Waals surface area contributed by atoms with Crippen molar-refractivity contribution in [3.8, 4) is 11.1 Å². The molecule has 0 saturated carbocycles. The highest BCUT2D eigenvalue weighted by Gasteiger charge is 2.53. The zero-order chi connectivity index (χ0) is 23.6. The highest BCUT2D eigenvalue weighted by Crippen LogP contribution is 2.41. The number of piperidine rings is 1. The molecular weight excluding hydrogens is 416 g/mol. The molecule has 2 heterocycles. The van der Waals surface area contributed by atoms with Crippen LogP contribution in [-0.2, 0) is 19.8 Å². The van der Waals surface area contributed by atoms with Crippen molar-refractivity contribution < 1.29 is 19.5 Å². The zero-order valence-corrected chi connectivity index (χ0v) is 19.4. The molecule has 0 aliphatic carbocycles. The molecular formula is C27H32N2O4. The number of amides is 3. The number of rotatable bonds is 6. The van der Waals surface area contributed by atoms with Crippen molar-refractivity contribution in [1.82, 2.24) is 9.80 Å². The maximum Gasteiger partial charge on any atom is 0.240 e. The van der Waals surface area contributed by atoms with E-state index in [0.29, 0.717) is 25.1 Å². The topological polar surface area (TPSA) is 77.9 Å². The van der Waals surface area contributed by atoms with E-state index in [0.717, 1.165) is 28.9 Å². The number of hydrogen-bond acceptors (Lipinski definition) is 4. The number of carbonyl (C=O) groups excluding carboxylic acids is 3. The van der Waals surface area contributed by atoms with E-state index < -0.39 is 5.41 Å². The van der Waals surface area contributed by atoms with Crippen molar-refractivity contribution in [2.45, 2.75) is 50.5 Å². The molecule has 3 amide bonds. The number of likely N-dealkylation sites (N-methyl/N-ethyl adjacent to an activating group) is 1. The second-order valence-corrected chi connectivity index (χ2v) is 9.33. The van der Waals surface area contributed by atoms with E-state index in [2.05, 4.69) is 0 Å². The minimum Gasteiger partial charge on any atom is -0.393 e. The van der Waals surface area contributed by atoms with Crippen molar-refractivity contribution in [3.63, 3.8) is 0 Å². The van der Waals surface area contributed by atoms with Gasteiger partial charge in [-0.2, -0.15) is 0 Å². The Morgan fingerprint density at radius 2 is 1.64 bits per heavy atom. The molecule has 2 aliphatic heterocycles. The summed E-state index contributed by atoms with van der Waals surface area (Å²) in [5.74, 6) is -0.475. The largest absolute Gasteiger partial charge is 0.393 e. The van der Waals surface area contributed by atoms with Gasteiger partial charge in [-0.15, -0.1) is 0 Å². The number of nitrogens with zero attached hydrogens (tertiary/aromatic N) is 2. The Morgan fingerprint density at radius 3 is 2.18 bits per heavy atom. The van der Waals surface area contributed by atoms with E-state index in [-0.39, 0.29) is 42.6 Å². The van der Waals surface area contributed by atoms with Crippen LogP contribution in [0.15, 0.2) is 54.6 Å². The van der Waals surface area contributed by atoms with E-state index in [4.69, 9.17) is 0 Å². The molecule has 2 atom stereocenters. The first-order valence-electron chi connectivity index (χ1n) is 11.8. The first kappa shape index (κ1) is 23.2. The van der Waals surface area contributed by atoms with Crippen molar-refractivity contribution >= 4 is 17.7 Å². The fourth-order valence-electron chi connectivity index (χ4n) is 5.20. The number of aliphatic hydroxyl groups excluding tert-OH is 1. The molecule has 0 aromatic heterocycles. The van der Waals surface area contributed by atoms with Crippen LogP contribution in [0.1, 0.15) is 44.6 Å². The fraction of sp³-hybridized carbons (Fsp3) is 0.444. The Labute approximate surface area is 195 Å². The van der Waals surface area contributed by atoms with Crippen LogP contribution in [0.25, 0.3) is 11.1 Å². The first-order chi connectivity index (χ1) is 15.9. The SMILES string of the molecule is CC[C@@H](O)C1CCN(C(=O)C[C@@]2(c3ccc(-c4ccccc4)cc3)CC(=O)N(C)C2=O)CC1. The molecule has 2 aromatic rings. The molecule has 0 spiro atoms. The van der Waals surface area contributed by atoms with Gasteiger partial charge in [0.15, 0.2) is 0 Å². The lowest BCUT2D eigenvalue weighted by molar-refractivity contribution is -0.142. The highest BCUT2D eigenvalue weighted by molar-refractivity contribution is 6.10. The number of imide groups is 1. The highest BCUT2D eigenvalue weighted by atomic mass is 16.3. The second kappa shape index (κ2) is 9.48. The van der Waals surface area contributed by atoms with Crippen molar-refractivity contribution in [2.75, 3.05) is 20.1 Å². The van der Waals surface area contributed by atoms with Crippen LogP contribution in [-0.4, -0.2) is 58.9 Å². The lowest BCUT2D eigenvalue weighted by Crippen LogP contribution is -2.46. The van der Waals surface area contributed by atoms with Crippen LogP contribution in [0.5, 0.6) is 0 Å². The molecule has 0 radical (unpaired) electrons. The quantitative estimate of drug-likeness (QED) is 0.688. The second-order valence-electron chi connectivity index (χ2n) is 9.33. The standard InChI is InChI=1S/C27H32N2O4/c1-3-23(30)21-13-15-29(16-14-21)25(32)18-27(17-24(31)28(2)26(27)33)22-11-9-20(10-12-22)19-7-5-4-6-8-19/h4-12,21,23,30H,3,13-18H2,1-2H3/t23-,27-/m1/s1. The van der Waals surface area contributed by atoms with E-state index in [1.165, 1.54) is 7.05 Å². The Morgan fingerprint density at radius 1 is 1.03 bits per heavy atom. The van der Waals surface area contributed by atoms with Crippen LogP contribution in [0, 0.1) is 5.92 Å². The molecule has 2 saturated heterocycles. The minimum absolute atomic E-state index is 0.00374. The zero-order valence-electron chi connectivity index (χ0n) is 19.4. The summed E-state index contributed by atoms with van der Waals surface area (Å²) in [4.78, 5) is 42.1. The van der Waals surface area contributed by atoms with Crippen LogP contribution in [0.2, 0.25) is 0 Å². The summed E-state index contributed by atoms with van der Waals surface area (Å²) in [6.07, 6.45) is 1.87. The fourth-order valence-corrected chi connectivity index (χ4v) is 5.20. The van der Waals surface area contributed by atoms with Crippen molar-refractivity contribution in [3.05, 3.63) is 60.2 Å². The summed E-state index contributed by atoms with van der Waals surface area (Å²) in [6, 6.07) is 17.6. The lowest BCUT2D eigenvalue weighted by Gasteiger charge is -2.36. The molecule has 33 heavy (non-hydrogen) atoms. The van der Waals surface area contributed by atoms with Gasteiger partial charge in [-0.05, 0) is 41.9 Å². The van der Waals surface area contributed by atoms with Gasteiger partial charge in [0.1, 0.15) is 0 Å². The Balaban J connectivity index is 1.57. The summed E-state index contributed by atoms with van der Waals surface area (Å²) in [5, 5.41) is 10.1. The third-order valence-electron chi connectivity index (χ3n) is 7.39. The maximum absolute atomic E-state index is 13.3. The minimum atomic E-state index is -1.17. The Hall–Kier alpha value is -2.99. The van der Waals surface area contributed by atoms with Gasteiger partial charge in [-0.3, -0.25) is 19.3 Å². The van der Waals surface area contributed by atoms with Gasteiger partial charge < -0.3 is 10.0 Å². The van der Waals surface area contributed by atoms with E-state index in [1.54, 1.807) is 4.90 Å². The summed E-state index contributed by atoms with van der Waals surface area (Å²) in [7, 11) is 1.49. The van der Waals surface area contributed by atoms with Gasteiger partial charge in [0, 0.05) is 33.0 Å². The first-order valence-corrected chi connectivity index (χ1v) is 11.8. The number of hydrogen-bond donors (Lipinski definition) is 1. The molecule has 1 N–H and O–H groups in total. The molecule has 6 heteroatoms. The van der Waals surface area contributed by atoms with Gasteiger partial charge in [0.25, 0.3) is 0 Å². The summed E-state index contributed by atoms with van der Waals surface area (Å²) >= 11 is 0. The third kappa shape index (κ3) is 4.44. The van der Waals surface area contributed by atoms with Crippen molar-refractivity contribution in [1.29, 1.82) is 0 Å². The molecule has 174 valence electrons. The number of aliphatic hydroxyl groups is 1. The predicted molar refractivity (Wildman–Crippen MR) is 126 cm³/mol. The van der Waals surface area contributed by atoms with Crippen LogP contribution in [0.3, 0.4) is 0 Å². The Bertz CT molecular complexity index is 1010. The average molecular weight is 449 g/mol. The van der Waals surface area contributed by atoms with Gasteiger partial charge in [0.2, 0.25) is 17.7 Å². The molecule has 2 fully saturated rings. The third-order valence-corrected chi connectivity index (χ3v) is 7.39.